The molecular formula is C19H18Cl3FN2O3S. The molecule has 1 N–H and O–H groups in total. The molecule has 0 atom stereocenters. The minimum absolute atomic E-state index is 0.0513. The third-order valence-electron chi connectivity index (χ3n) is 4.82. The van der Waals surface area contributed by atoms with Crippen LogP contribution < -0.4 is 5.32 Å². The number of piperidine rings is 1. The number of amides is 1. The van der Waals surface area contributed by atoms with Gasteiger partial charge in [-0.25, -0.2) is 17.1 Å². The summed E-state index contributed by atoms with van der Waals surface area (Å²) in [5, 5.41) is 3.39. The van der Waals surface area contributed by atoms with Crippen molar-refractivity contribution in [3.05, 3.63) is 62.8 Å². The Hall–Kier alpha value is -1.38. The van der Waals surface area contributed by atoms with Crippen LogP contribution in [0.2, 0.25) is 15.1 Å². The summed E-state index contributed by atoms with van der Waals surface area (Å²) in [7, 11) is -3.76. The molecule has 29 heavy (non-hydrogen) atoms. The van der Waals surface area contributed by atoms with Gasteiger partial charge < -0.3 is 5.32 Å². The summed E-state index contributed by atoms with van der Waals surface area (Å²) in [6.07, 6.45) is 0.683. The monoisotopic (exact) mass is 478 g/mol. The van der Waals surface area contributed by atoms with Gasteiger partial charge in [0.1, 0.15) is 5.82 Å². The van der Waals surface area contributed by atoms with Crippen molar-refractivity contribution in [2.24, 2.45) is 5.92 Å². The maximum Gasteiger partial charge on any atom is 0.227 e. The first-order valence-electron chi connectivity index (χ1n) is 8.84. The zero-order valence-corrected chi connectivity index (χ0v) is 18.3. The van der Waals surface area contributed by atoms with Gasteiger partial charge in [0.25, 0.3) is 0 Å². The molecule has 1 aliphatic rings. The lowest BCUT2D eigenvalue weighted by molar-refractivity contribution is -0.120. The average molecular weight is 480 g/mol. The zero-order chi connectivity index (χ0) is 21.2. The van der Waals surface area contributed by atoms with Crippen molar-refractivity contribution >= 4 is 56.4 Å². The first-order chi connectivity index (χ1) is 13.7. The highest BCUT2D eigenvalue weighted by molar-refractivity contribution is 7.88. The van der Waals surface area contributed by atoms with Gasteiger partial charge >= 0.3 is 0 Å². The highest BCUT2D eigenvalue weighted by Crippen LogP contribution is 2.31. The van der Waals surface area contributed by atoms with Crippen LogP contribution in [-0.4, -0.2) is 31.7 Å². The Morgan fingerprint density at radius 2 is 1.69 bits per heavy atom. The molecule has 1 aliphatic heterocycles. The first kappa shape index (κ1) is 22.3. The molecule has 0 saturated carbocycles. The van der Waals surface area contributed by atoms with Crippen LogP contribution in [0.3, 0.4) is 0 Å². The Kier molecular flexibility index (Phi) is 7.06. The molecule has 10 heteroatoms. The van der Waals surface area contributed by atoms with Gasteiger partial charge in [0.05, 0.1) is 21.5 Å². The van der Waals surface area contributed by atoms with Gasteiger partial charge in [0, 0.05) is 29.6 Å². The molecule has 0 aromatic heterocycles. The van der Waals surface area contributed by atoms with E-state index >= 15 is 0 Å². The average Bonchev–Trinajstić information content (AvgIpc) is 2.68. The van der Waals surface area contributed by atoms with E-state index in [4.69, 9.17) is 34.8 Å². The molecular weight excluding hydrogens is 462 g/mol. The molecule has 0 radical (unpaired) electrons. The fraction of sp³-hybridized carbons (Fsp3) is 0.316. The minimum atomic E-state index is -3.76. The number of carbonyl (C=O) groups is 1. The summed E-state index contributed by atoms with van der Waals surface area (Å²) in [5.41, 5.74) is 0.359. The second-order valence-electron chi connectivity index (χ2n) is 6.72. The summed E-state index contributed by atoms with van der Waals surface area (Å²) < 4.78 is 40.6. The predicted octanol–water partition coefficient (Wildman–Crippen LogP) is 4.97. The molecule has 2 aromatic carbocycles. The van der Waals surface area contributed by atoms with Gasteiger partial charge in [-0.05, 0) is 37.1 Å². The van der Waals surface area contributed by atoms with Crippen molar-refractivity contribution in [1.29, 1.82) is 0 Å². The van der Waals surface area contributed by atoms with E-state index in [0.29, 0.717) is 23.6 Å². The molecule has 0 spiro atoms. The molecule has 3 rings (SSSR count). The predicted molar refractivity (Wildman–Crippen MR) is 113 cm³/mol. The molecule has 0 bridgehead atoms. The highest BCUT2D eigenvalue weighted by Gasteiger charge is 2.32. The summed E-state index contributed by atoms with van der Waals surface area (Å²) in [5.74, 6) is -1.79. The summed E-state index contributed by atoms with van der Waals surface area (Å²) in [4.78, 5) is 12.5. The number of hydrogen-bond donors (Lipinski definition) is 1. The molecule has 1 fully saturated rings. The van der Waals surface area contributed by atoms with Crippen molar-refractivity contribution in [3.63, 3.8) is 0 Å². The second-order valence-corrected chi connectivity index (χ2v) is 9.88. The quantitative estimate of drug-likeness (QED) is 0.659. The smallest absolute Gasteiger partial charge is 0.227 e. The van der Waals surface area contributed by atoms with Crippen LogP contribution in [-0.2, 0) is 20.6 Å². The van der Waals surface area contributed by atoms with Gasteiger partial charge in [-0.15, -0.1) is 0 Å². The Labute approximate surface area is 183 Å². The number of nitrogens with zero attached hydrogens (tertiary/aromatic N) is 1. The topological polar surface area (TPSA) is 66.5 Å². The number of nitrogens with one attached hydrogen (secondary N) is 1. The van der Waals surface area contributed by atoms with Crippen LogP contribution in [0, 0.1) is 11.7 Å². The number of sulfonamides is 1. The lowest BCUT2D eigenvalue weighted by Gasteiger charge is -2.30. The van der Waals surface area contributed by atoms with Gasteiger partial charge in [-0.2, -0.15) is 0 Å². The third kappa shape index (κ3) is 5.22. The van der Waals surface area contributed by atoms with Crippen LogP contribution in [0.15, 0.2) is 36.4 Å². The molecule has 0 aliphatic carbocycles. The lowest BCUT2D eigenvalue weighted by atomic mass is 9.97. The Morgan fingerprint density at radius 3 is 2.34 bits per heavy atom. The molecule has 1 saturated heterocycles. The lowest BCUT2D eigenvalue weighted by Crippen LogP contribution is -2.42. The number of carbonyl (C=O) groups excluding carboxylic acids is 1. The van der Waals surface area contributed by atoms with Crippen molar-refractivity contribution in [1.82, 2.24) is 4.31 Å². The van der Waals surface area contributed by atoms with E-state index in [1.54, 1.807) is 18.2 Å². The molecule has 156 valence electrons. The largest absolute Gasteiger partial charge is 0.324 e. The van der Waals surface area contributed by atoms with Gasteiger partial charge in [0.2, 0.25) is 15.9 Å². The van der Waals surface area contributed by atoms with Crippen LogP contribution in [0.5, 0.6) is 0 Å². The third-order valence-corrected chi connectivity index (χ3v) is 7.79. The summed E-state index contributed by atoms with van der Waals surface area (Å²) in [6, 6.07) is 8.98. The fourth-order valence-electron chi connectivity index (χ4n) is 3.18. The normalized spacial score (nSPS) is 16.0. The van der Waals surface area contributed by atoms with Crippen molar-refractivity contribution in [2.45, 2.75) is 18.6 Å². The van der Waals surface area contributed by atoms with Gasteiger partial charge in [-0.1, -0.05) is 46.9 Å². The molecule has 2 aromatic rings. The van der Waals surface area contributed by atoms with Gasteiger partial charge in [-0.3, -0.25) is 4.79 Å². The molecule has 0 unspecified atom stereocenters. The SMILES string of the molecule is O=C(Nc1cccc(Cl)c1Cl)C1CCN(S(=O)(=O)Cc2c(F)cccc2Cl)CC1. The van der Waals surface area contributed by atoms with E-state index in [1.807, 2.05) is 0 Å². The standard InChI is InChI=1S/C19H18Cl3FN2O3S/c20-14-3-1-5-16(23)13(14)11-29(27,28)25-9-7-12(8-10-25)19(26)24-17-6-2-4-15(21)18(17)22/h1-6,12H,7-11H2,(H,24,26). The first-order valence-corrected chi connectivity index (χ1v) is 11.6. The van der Waals surface area contributed by atoms with E-state index < -0.39 is 21.6 Å². The van der Waals surface area contributed by atoms with Crippen LogP contribution in [0.25, 0.3) is 0 Å². The van der Waals surface area contributed by atoms with Crippen LogP contribution in [0.1, 0.15) is 18.4 Å². The van der Waals surface area contributed by atoms with E-state index in [2.05, 4.69) is 5.32 Å². The van der Waals surface area contributed by atoms with Gasteiger partial charge in [0.15, 0.2) is 0 Å². The zero-order valence-electron chi connectivity index (χ0n) is 15.2. The Morgan fingerprint density at radius 1 is 1.07 bits per heavy atom. The van der Waals surface area contributed by atoms with Crippen molar-refractivity contribution < 1.29 is 17.6 Å². The number of benzene rings is 2. The van der Waals surface area contributed by atoms with Crippen LogP contribution in [0.4, 0.5) is 10.1 Å². The van der Waals surface area contributed by atoms with Crippen LogP contribution >= 0.6 is 34.8 Å². The van der Waals surface area contributed by atoms with Crippen molar-refractivity contribution in [3.8, 4) is 0 Å². The van der Waals surface area contributed by atoms with E-state index in [1.165, 1.54) is 22.5 Å². The number of halogens is 4. The number of rotatable bonds is 5. The second kappa shape index (κ2) is 9.18. The molecule has 1 amide bonds. The Bertz CT molecular complexity index is 1010. The maximum absolute atomic E-state index is 13.9. The molecule has 5 nitrogen and oxygen atoms in total. The summed E-state index contributed by atoms with van der Waals surface area (Å²) in [6.45, 7) is 0.325. The maximum atomic E-state index is 13.9. The number of hydrogen-bond acceptors (Lipinski definition) is 3. The van der Waals surface area contributed by atoms with E-state index in [-0.39, 0.29) is 40.5 Å². The highest BCUT2D eigenvalue weighted by atomic mass is 35.5. The van der Waals surface area contributed by atoms with Crippen molar-refractivity contribution in [2.75, 3.05) is 18.4 Å². The fourth-order valence-corrected chi connectivity index (χ4v) is 5.44. The van der Waals surface area contributed by atoms with E-state index in [9.17, 15) is 17.6 Å². The summed E-state index contributed by atoms with van der Waals surface area (Å²) >= 11 is 18.0. The minimum Gasteiger partial charge on any atom is -0.324 e. The number of anilines is 1. The Balaban J connectivity index is 1.62. The molecule has 1 heterocycles. The van der Waals surface area contributed by atoms with E-state index in [0.717, 1.165) is 0 Å².